The van der Waals surface area contributed by atoms with Crippen LogP contribution in [0.1, 0.15) is 19.5 Å². The van der Waals surface area contributed by atoms with Crippen LogP contribution < -0.4 is 5.32 Å². The van der Waals surface area contributed by atoms with Crippen LogP contribution in [0.3, 0.4) is 0 Å². The summed E-state index contributed by atoms with van der Waals surface area (Å²) in [6.07, 6.45) is -4.13. The molecule has 0 aliphatic carbocycles. The molecule has 0 spiro atoms. The van der Waals surface area contributed by atoms with Gasteiger partial charge in [0.05, 0.1) is 12.1 Å². The van der Waals surface area contributed by atoms with E-state index in [0.717, 1.165) is 6.33 Å². The zero-order chi connectivity index (χ0) is 11.5. The first-order chi connectivity index (χ1) is 6.87. The van der Waals surface area contributed by atoms with E-state index in [1.54, 1.807) is 0 Å². The molecule has 0 fully saturated rings. The van der Waals surface area contributed by atoms with Crippen molar-refractivity contribution in [1.82, 2.24) is 9.97 Å². The maximum Gasteiger partial charge on any atom is 0.394 e. The van der Waals surface area contributed by atoms with E-state index in [1.165, 1.54) is 6.07 Å². The predicted octanol–water partition coefficient (Wildman–Crippen LogP) is 2.40. The Balaban J connectivity index is 2.74. The van der Waals surface area contributed by atoms with E-state index in [0.29, 0.717) is 5.82 Å². The molecule has 0 aliphatic heterocycles. The van der Waals surface area contributed by atoms with Crippen LogP contribution in [-0.2, 0) is 6.42 Å². The van der Waals surface area contributed by atoms with Gasteiger partial charge in [-0.25, -0.2) is 9.97 Å². The van der Waals surface area contributed by atoms with Crippen LogP contribution >= 0.6 is 0 Å². The minimum Gasteiger partial charge on any atom is -0.368 e. The van der Waals surface area contributed by atoms with Crippen LogP contribution in [0.15, 0.2) is 12.4 Å². The van der Waals surface area contributed by atoms with Gasteiger partial charge >= 0.3 is 6.18 Å². The van der Waals surface area contributed by atoms with Gasteiger partial charge in [0.25, 0.3) is 0 Å². The largest absolute Gasteiger partial charge is 0.394 e. The monoisotopic (exact) mass is 219 g/mol. The molecule has 0 saturated heterocycles. The third-order valence-corrected chi connectivity index (χ3v) is 1.54. The van der Waals surface area contributed by atoms with Crippen LogP contribution in [0, 0.1) is 0 Å². The fourth-order valence-corrected chi connectivity index (χ4v) is 1.07. The third kappa shape index (κ3) is 4.62. The fourth-order valence-electron chi connectivity index (χ4n) is 1.07. The summed E-state index contributed by atoms with van der Waals surface area (Å²) < 4.78 is 36.2. The van der Waals surface area contributed by atoms with Crippen molar-refractivity contribution in [3.05, 3.63) is 18.1 Å². The maximum absolute atomic E-state index is 12.1. The Kier molecular flexibility index (Phi) is 3.49. The Morgan fingerprint density at radius 2 is 2.00 bits per heavy atom. The Labute approximate surface area is 85.7 Å². The highest BCUT2D eigenvalue weighted by Gasteiger charge is 2.28. The molecule has 84 valence electrons. The lowest BCUT2D eigenvalue weighted by molar-refractivity contribution is -0.127. The molecule has 1 heterocycles. The van der Waals surface area contributed by atoms with Crippen LogP contribution in [0.5, 0.6) is 0 Å². The van der Waals surface area contributed by atoms with Gasteiger partial charge < -0.3 is 5.32 Å². The summed E-state index contributed by atoms with van der Waals surface area (Å²) in [6, 6.07) is 1.44. The minimum atomic E-state index is -4.23. The molecule has 1 N–H and O–H groups in total. The van der Waals surface area contributed by atoms with Crippen molar-refractivity contribution in [3.8, 4) is 0 Å². The van der Waals surface area contributed by atoms with E-state index in [2.05, 4.69) is 15.3 Å². The first-order valence-electron chi connectivity index (χ1n) is 4.51. The van der Waals surface area contributed by atoms with Crippen LogP contribution in [0.25, 0.3) is 0 Å². The molecule has 0 aromatic carbocycles. The second-order valence-electron chi connectivity index (χ2n) is 3.49. The Morgan fingerprint density at radius 3 is 2.53 bits per heavy atom. The van der Waals surface area contributed by atoms with Gasteiger partial charge in [0.1, 0.15) is 12.1 Å². The Morgan fingerprint density at radius 1 is 1.33 bits per heavy atom. The molecule has 0 amide bonds. The molecule has 1 aromatic rings. The number of rotatable bonds is 3. The normalized spacial score (nSPS) is 11.9. The number of nitrogens with zero attached hydrogens (tertiary/aromatic N) is 2. The average Bonchev–Trinajstić information content (AvgIpc) is 1.99. The molecule has 0 unspecified atom stereocenters. The SMILES string of the molecule is CC(C)Nc1cc(CC(F)(F)F)ncn1. The lowest BCUT2D eigenvalue weighted by Crippen LogP contribution is -2.15. The van der Waals surface area contributed by atoms with Crippen molar-refractivity contribution in [1.29, 1.82) is 0 Å². The van der Waals surface area contributed by atoms with E-state index in [9.17, 15) is 13.2 Å². The number of alkyl halides is 3. The summed E-state index contributed by atoms with van der Waals surface area (Å²) in [6.45, 7) is 3.76. The molecule has 1 rings (SSSR count). The summed E-state index contributed by atoms with van der Waals surface area (Å²) in [7, 11) is 0. The third-order valence-electron chi connectivity index (χ3n) is 1.54. The number of anilines is 1. The lowest BCUT2D eigenvalue weighted by Gasteiger charge is -2.10. The highest BCUT2D eigenvalue weighted by Crippen LogP contribution is 2.20. The summed E-state index contributed by atoms with van der Waals surface area (Å²) >= 11 is 0. The topological polar surface area (TPSA) is 37.8 Å². The molecule has 1 aromatic heterocycles. The predicted molar refractivity (Wildman–Crippen MR) is 50.5 cm³/mol. The van der Waals surface area contributed by atoms with Gasteiger partial charge in [0, 0.05) is 12.1 Å². The summed E-state index contributed by atoms with van der Waals surface area (Å²) in [5.41, 5.74) is -0.0272. The van der Waals surface area contributed by atoms with E-state index in [1.807, 2.05) is 13.8 Å². The zero-order valence-corrected chi connectivity index (χ0v) is 8.47. The van der Waals surface area contributed by atoms with Gasteiger partial charge in [-0.2, -0.15) is 13.2 Å². The second-order valence-corrected chi connectivity index (χ2v) is 3.49. The van der Waals surface area contributed by atoms with Gasteiger partial charge in [-0.15, -0.1) is 0 Å². The van der Waals surface area contributed by atoms with Crippen LogP contribution in [0.4, 0.5) is 19.0 Å². The van der Waals surface area contributed by atoms with E-state index in [-0.39, 0.29) is 11.7 Å². The van der Waals surface area contributed by atoms with E-state index in [4.69, 9.17) is 0 Å². The second kappa shape index (κ2) is 4.46. The maximum atomic E-state index is 12.1. The average molecular weight is 219 g/mol. The zero-order valence-electron chi connectivity index (χ0n) is 8.47. The quantitative estimate of drug-likeness (QED) is 0.848. The number of hydrogen-bond donors (Lipinski definition) is 1. The van der Waals surface area contributed by atoms with Crippen LogP contribution in [-0.4, -0.2) is 22.2 Å². The first-order valence-corrected chi connectivity index (χ1v) is 4.51. The Hall–Kier alpha value is -1.33. The van der Waals surface area contributed by atoms with Gasteiger partial charge in [-0.1, -0.05) is 0 Å². The van der Waals surface area contributed by atoms with Gasteiger partial charge in [-0.05, 0) is 13.8 Å². The molecular formula is C9H12F3N3. The van der Waals surface area contributed by atoms with Crippen LogP contribution in [0.2, 0.25) is 0 Å². The number of hydrogen-bond acceptors (Lipinski definition) is 3. The van der Waals surface area contributed by atoms with Gasteiger partial charge in [0.2, 0.25) is 0 Å². The standard InChI is InChI=1S/C9H12F3N3/c1-6(2)15-8-3-7(13-5-14-8)4-9(10,11)12/h3,5-6H,4H2,1-2H3,(H,13,14,15). The van der Waals surface area contributed by atoms with Gasteiger partial charge in [-0.3, -0.25) is 0 Å². The first kappa shape index (κ1) is 11.7. The summed E-state index contributed by atoms with van der Waals surface area (Å²) in [5, 5.41) is 2.91. The molecular weight excluding hydrogens is 207 g/mol. The highest BCUT2D eigenvalue weighted by molar-refractivity contribution is 5.35. The summed E-state index contributed by atoms with van der Waals surface area (Å²) in [5.74, 6) is 0.416. The fraction of sp³-hybridized carbons (Fsp3) is 0.556. The van der Waals surface area contributed by atoms with Crippen molar-refractivity contribution in [2.45, 2.75) is 32.5 Å². The number of halogens is 3. The van der Waals surface area contributed by atoms with E-state index >= 15 is 0 Å². The van der Waals surface area contributed by atoms with Crippen molar-refractivity contribution >= 4 is 5.82 Å². The molecule has 15 heavy (non-hydrogen) atoms. The van der Waals surface area contributed by atoms with Crippen molar-refractivity contribution in [2.24, 2.45) is 0 Å². The molecule has 3 nitrogen and oxygen atoms in total. The molecule has 0 atom stereocenters. The molecule has 0 aliphatic rings. The molecule has 0 bridgehead atoms. The van der Waals surface area contributed by atoms with Crippen molar-refractivity contribution in [2.75, 3.05) is 5.32 Å². The number of nitrogens with one attached hydrogen (secondary N) is 1. The van der Waals surface area contributed by atoms with E-state index < -0.39 is 12.6 Å². The Bertz CT molecular complexity index is 323. The molecule has 0 radical (unpaired) electrons. The lowest BCUT2D eigenvalue weighted by atomic mass is 10.3. The minimum absolute atomic E-state index is 0.0272. The smallest absolute Gasteiger partial charge is 0.368 e. The summed E-state index contributed by atoms with van der Waals surface area (Å²) in [4.78, 5) is 7.38. The van der Waals surface area contributed by atoms with Crippen molar-refractivity contribution < 1.29 is 13.2 Å². The highest BCUT2D eigenvalue weighted by atomic mass is 19.4. The van der Waals surface area contributed by atoms with Gasteiger partial charge in [0.15, 0.2) is 0 Å². The number of aromatic nitrogens is 2. The van der Waals surface area contributed by atoms with Crippen molar-refractivity contribution in [3.63, 3.8) is 0 Å². The molecule has 6 heteroatoms. The molecule has 0 saturated carbocycles.